The van der Waals surface area contributed by atoms with Crippen LogP contribution in [-0.4, -0.2) is 36.6 Å². The van der Waals surface area contributed by atoms with Crippen LogP contribution < -0.4 is 10.1 Å². The molecule has 0 bridgehead atoms. The van der Waals surface area contributed by atoms with Crippen LogP contribution in [0.5, 0.6) is 5.88 Å². The molecule has 1 heterocycles. The molecule has 0 saturated carbocycles. The highest BCUT2D eigenvalue weighted by Gasteiger charge is 2.03. The summed E-state index contributed by atoms with van der Waals surface area (Å²) < 4.78 is 5.18. The van der Waals surface area contributed by atoms with E-state index in [9.17, 15) is 4.79 Å². The summed E-state index contributed by atoms with van der Waals surface area (Å²) >= 11 is 0. The van der Waals surface area contributed by atoms with Crippen molar-refractivity contribution < 1.29 is 9.53 Å². The minimum atomic E-state index is -0.180. The second-order valence-electron chi connectivity index (χ2n) is 3.14. The van der Waals surface area contributed by atoms with Crippen LogP contribution in [0.3, 0.4) is 0 Å². The zero-order valence-corrected chi connectivity index (χ0v) is 9.15. The molecule has 2 amide bonds. The van der Waals surface area contributed by atoms with Crippen molar-refractivity contribution in [2.24, 2.45) is 0 Å². The zero-order chi connectivity index (χ0) is 11.3. The molecule has 0 aliphatic heterocycles. The molecule has 5 nitrogen and oxygen atoms in total. The van der Waals surface area contributed by atoms with Gasteiger partial charge in [0.25, 0.3) is 0 Å². The molecule has 0 unspecified atom stereocenters. The normalized spacial score (nSPS) is 9.53. The second kappa shape index (κ2) is 5.19. The molecule has 0 aromatic carbocycles. The molecule has 1 rings (SSSR count). The number of pyridine rings is 1. The molecule has 15 heavy (non-hydrogen) atoms. The summed E-state index contributed by atoms with van der Waals surface area (Å²) in [6.07, 6.45) is 1.56. The van der Waals surface area contributed by atoms with Crippen molar-refractivity contribution in [3.63, 3.8) is 0 Å². The number of anilines is 1. The van der Waals surface area contributed by atoms with Crippen molar-refractivity contribution in [2.45, 2.75) is 6.92 Å². The SMILES string of the molecule is CCOc1ccc(NC(=O)N(C)C)cn1. The molecule has 0 aliphatic carbocycles. The zero-order valence-electron chi connectivity index (χ0n) is 9.15. The summed E-state index contributed by atoms with van der Waals surface area (Å²) in [6, 6.07) is 3.29. The van der Waals surface area contributed by atoms with Gasteiger partial charge in [0, 0.05) is 20.2 Å². The van der Waals surface area contributed by atoms with E-state index < -0.39 is 0 Å². The molecule has 0 atom stereocenters. The monoisotopic (exact) mass is 209 g/mol. The van der Waals surface area contributed by atoms with Gasteiger partial charge in [-0.1, -0.05) is 0 Å². The second-order valence-corrected chi connectivity index (χ2v) is 3.14. The van der Waals surface area contributed by atoms with E-state index in [0.29, 0.717) is 18.2 Å². The summed E-state index contributed by atoms with van der Waals surface area (Å²) in [6.45, 7) is 2.47. The Morgan fingerprint density at radius 2 is 2.27 bits per heavy atom. The van der Waals surface area contributed by atoms with Gasteiger partial charge >= 0.3 is 6.03 Å². The Hall–Kier alpha value is -1.78. The highest BCUT2D eigenvalue weighted by atomic mass is 16.5. The Morgan fingerprint density at radius 3 is 2.73 bits per heavy atom. The third-order valence-corrected chi connectivity index (χ3v) is 1.69. The quantitative estimate of drug-likeness (QED) is 0.822. The summed E-state index contributed by atoms with van der Waals surface area (Å²) in [7, 11) is 3.36. The van der Waals surface area contributed by atoms with Crippen LogP contribution >= 0.6 is 0 Å². The highest BCUT2D eigenvalue weighted by Crippen LogP contribution is 2.11. The average molecular weight is 209 g/mol. The molecule has 0 aliphatic rings. The number of hydrogen-bond donors (Lipinski definition) is 1. The molecular weight excluding hydrogens is 194 g/mol. The van der Waals surface area contributed by atoms with Crippen molar-refractivity contribution in [1.29, 1.82) is 0 Å². The van der Waals surface area contributed by atoms with Crippen molar-refractivity contribution >= 4 is 11.7 Å². The van der Waals surface area contributed by atoms with E-state index in [2.05, 4.69) is 10.3 Å². The maximum Gasteiger partial charge on any atom is 0.321 e. The predicted octanol–water partition coefficient (Wildman–Crippen LogP) is 1.57. The van der Waals surface area contributed by atoms with E-state index in [0.717, 1.165) is 0 Å². The van der Waals surface area contributed by atoms with Crippen molar-refractivity contribution in [1.82, 2.24) is 9.88 Å². The summed E-state index contributed by atoms with van der Waals surface area (Å²) in [4.78, 5) is 16.8. The van der Waals surface area contributed by atoms with E-state index in [1.165, 1.54) is 4.90 Å². The number of carbonyl (C=O) groups excluding carboxylic acids is 1. The van der Waals surface area contributed by atoms with Gasteiger partial charge in [-0.25, -0.2) is 9.78 Å². The largest absolute Gasteiger partial charge is 0.478 e. The van der Waals surface area contributed by atoms with Gasteiger partial charge in [-0.2, -0.15) is 0 Å². The van der Waals surface area contributed by atoms with E-state index in [1.807, 2.05) is 6.92 Å². The van der Waals surface area contributed by atoms with Crippen LogP contribution in [0.15, 0.2) is 18.3 Å². The molecular formula is C10H15N3O2. The Labute approximate surface area is 89.1 Å². The van der Waals surface area contributed by atoms with Crippen LogP contribution in [0.1, 0.15) is 6.92 Å². The standard InChI is InChI=1S/C10H15N3O2/c1-4-15-9-6-5-8(7-11-9)12-10(14)13(2)3/h5-7H,4H2,1-3H3,(H,12,14). The van der Waals surface area contributed by atoms with Gasteiger partial charge in [0.05, 0.1) is 18.5 Å². The van der Waals surface area contributed by atoms with Crippen LogP contribution in [0, 0.1) is 0 Å². The van der Waals surface area contributed by atoms with E-state index in [1.54, 1.807) is 32.4 Å². The molecule has 5 heteroatoms. The van der Waals surface area contributed by atoms with Crippen molar-refractivity contribution in [3.8, 4) is 5.88 Å². The Kier molecular flexibility index (Phi) is 3.91. The first-order valence-electron chi connectivity index (χ1n) is 4.70. The third kappa shape index (κ3) is 3.46. The third-order valence-electron chi connectivity index (χ3n) is 1.69. The van der Waals surface area contributed by atoms with E-state index in [-0.39, 0.29) is 6.03 Å². The van der Waals surface area contributed by atoms with Gasteiger partial charge in [0.2, 0.25) is 5.88 Å². The molecule has 1 N–H and O–H groups in total. The molecule has 0 fully saturated rings. The van der Waals surface area contributed by atoms with Crippen molar-refractivity contribution in [2.75, 3.05) is 26.0 Å². The van der Waals surface area contributed by atoms with Crippen LogP contribution in [0.4, 0.5) is 10.5 Å². The molecule has 1 aromatic heterocycles. The first-order valence-corrected chi connectivity index (χ1v) is 4.70. The lowest BCUT2D eigenvalue weighted by Crippen LogP contribution is -2.27. The number of rotatable bonds is 3. The molecule has 0 spiro atoms. The average Bonchev–Trinajstić information content (AvgIpc) is 2.21. The number of aromatic nitrogens is 1. The Morgan fingerprint density at radius 1 is 1.53 bits per heavy atom. The fourth-order valence-corrected chi connectivity index (χ4v) is 0.923. The minimum Gasteiger partial charge on any atom is -0.478 e. The van der Waals surface area contributed by atoms with Gasteiger partial charge in [0.1, 0.15) is 0 Å². The number of ether oxygens (including phenoxy) is 1. The summed E-state index contributed by atoms with van der Waals surface area (Å²) in [5.74, 6) is 0.556. The van der Waals surface area contributed by atoms with Gasteiger partial charge in [-0.05, 0) is 13.0 Å². The van der Waals surface area contributed by atoms with Crippen molar-refractivity contribution in [3.05, 3.63) is 18.3 Å². The molecule has 0 saturated heterocycles. The predicted molar refractivity (Wildman–Crippen MR) is 58.1 cm³/mol. The first kappa shape index (κ1) is 11.3. The lowest BCUT2D eigenvalue weighted by Gasteiger charge is -2.11. The number of nitrogens with zero attached hydrogens (tertiary/aromatic N) is 2. The van der Waals surface area contributed by atoms with E-state index >= 15 is 0 Å². The van der Waals surface area contributed by atoms with Gasteiger partial charge < -0.3 is 15.0 Å². The summed E-state index contributed by atoms with van der Waals surface area (Å²) in [5.41, 5.74) is 0.650. The fourth-order valence-electron chi connectivity index (χ4n) is 0.923. The van der Waals surface area contributed by atoms with Crippen LogP contribution in [0.2, 0.25) is 0 Å². The topological polar surface area (TPSA) is 54.5 Å². The lowest BCUT2D eigenvalue weighted by atomic mass is 10.4. The Bertz CT molecular complexity index is 322. The highest BCUT2D eigenvalue weighted by molar-refractivity contribution is 5.88. The van der Waals surface area contributed by atoms with Gasteiger partial charge in [-0.3, -0.25) is 0 Å². The molecule has 0 radical (unpaired) electrons. The van der Waals surface area contributed by atoms with Crippen LogP contribution in [-0.2, 0) is 0 Å². The lowest BCUT2D eigenvalue weighted by molar-refractivity contribution is 0.230. The number of urea groups is 1. The summed E-state index contributed by atoms with van der Waals surface area (Å²) in [5, 5.41) is 2.68. The molecule has 1 aromatic rings. The minimum absolute atomic E-state index is 0.180. The number of carbonyl (C=O) groups is 1. The smallest absolute Gasteiger partial charge is 0.321 e. The van der Waals surface area contributed by atoms with Gasteiger partial charge in [0.15, 0.2) is 0 Å². The first-order chi connectivity index (χ1) is 7.13. The van der Waals surface area contributed by atoms with E-state index in [4.69, 9.17) is 4.74 Å². The Balaban J connectivity index is 2.60. The number of amides is 2. The fraction of sp³-hybridized carbons (Fsp3) is 0.400. The maximum atomic E-state index is 11.3. The number of hydrogen-bond acceptors (Lipinski definition) is 3. The van der Waals surface area contributed by atoms with Gasteiger partial charge in [-0.15, -0.1) is 0 Å². The number of nitrogens with one attached hydrogen (secondary N) is 1. The maximum absolute atomic E-state index is 11.3. The van der Waals surface area contributed by atoms with Crippen LogP contribution in [0.25, 0.3) is 0 Å². The molecule has 82 valence electrons.